The van der Waals surface area contributed by atoms with Gasteiger partial charge in [0, 0.05) is 19.1 Å². The molecule has 1 saturated heterocycles. The second-order valence-electron chi connectivity index (χ2n) is 4.16. The van der Waals surface area contributed by atoms with Gasteiger partial charge in [-0.05, 0) is 12.1 Å². The Labute approximate surface area is 94.5 Å². The molecule has 2 unspecified atom stereocenters. The van der Waals surface area contributed by atoms with E-state index in [0.29, 0.717) is 25.7 Å². The predicted octanol–water partition coefficient (Wildman–Crippen LogP) is -1.24. The zero-order valence-electron chi connectivity index (χ0n) is 9.70. The van der Waals surface area contributed by atoms with Crippen LogP contribution >= 0.6 is 0 Å². The standard InChI is InChI=1S/C9H18N6O/c1-7-6-16-8(3-10)4-15(7)5-9-11-13-14(2)12-9/h7-8H,3-6,10H2,1-2H3. The van der Waals surface area contributed by atoms with E-state index in [1.54, 1.807) is 7.05 Å². The van der Waals surface area contributed by atoms with Crippen molar-refractivity contribution >= 4 is 0 Å². The van der Waals surface area contributed by atoms with Gasteiger partial charge in [0.05, 0.1) is 26.3 Å². The highest BCUT2D eigenvalue weighted by molar-refractivity contribution is 4.84. The molecule has 2 atom stereocenters. The Morgan fingerprint density at radius 3 is 3.00 bits per heavy atom. The topological polar surface area (TPSA) is 82.1 Å². The third-order valence-corrected chi connectivity index (χ3v) is 2.79. The van der Waals surface area contributed by atoms with Crippen LogP contribution in [0.5, 0.6) is 0 Å². The number of aromatic nitrogens is 4. The van der Waals surface area contributed by atoms with Gasteiger partial charge in [0.2, 0.25) is 0 Å². The van der Waals surface area contributed by atoms with E-state index in [-0.39, 0.29) is 6.10 Å². The summed E-state index contributed by atoms with van der Waals surface area (Å²) in [5.74, 6) is 0.743. The molecule has 0 bridgehead atoms. The Kier molecular flexibility index (Phi) is 3.47. The molecule has 2 heterocycles. The van der Waals surface area contributed by atoms with Crippen molar-refractivity contribution in [2.45, 2.75) is 25.6 Å². The van der Waals surface area contributed by atoms with Crippen LogP contribution in [0.3, 0.4) is 0 Å². The lowest BCUT2D eigenvalue weighted by molar-refractivity contribution is -0.0575. The van der Waals surface area contributed by atoms with Crippen LogP contribution in [0.1, 0.15) is 12.7 Å². The van der Waals surface area contributed by atoms with E-state index in [2.05, 4.69) is 27.2 Å². The summed E-state index contributed by atoms with van der Waals surface area (Å²) in [6, 6.07) is 0.367. The molecular formula is C9H18N6O. The maximum absolute atomic E-state index is 5.61. The molecule has 1 aromatic heterocycles. The first-order chi connectivity index (χ1) is 7.69. The quantitative estimate of drug-likeness (QED) is 0.694. The smallest absolute Gasteiger partial charge is 0.188 e. The highest BCUT2D eigenvalue weighted by Gasteiger charge is 2.26. The zero-order chi connectivity index (χ0) is 11.5. The van der Waals surface area contributed by atoms with Gasteiger partial charge >= 0.3 is 0 Å². The maximum Gasteiger partial charge on any atom is 0.188 e. The number of tetrazole rings is 1. The molecule has 2 rings (SSSR count). The van der Waals surface area contributed by atoms with Crippen LogP contribution in [0.2, 0.25) is 0 Å². The summed E-state index contributed by atoms with van der Waals surface area (Å²) >= 11 is 0. The lowest BCUT2D eigenvalue weighted by Gasteiger charge is -2.36. The van der Waals surface area contributed by atoms with Gasteiger partial charge in [-0.2, -0.15) is 4.80 Å². The number of hydrogen-bond acceptors (Lipinski definition) is 6. The number of nitrogens with zero attached hydrogens (tertiary/aromatic N) is 5. The van der Waals surface area contributed by atoms with Gasteiger partial charge < -0.3 is 10.5 Å². The fraction of sp³-hybridized carbons (Fsp3) is 0.889. The summed E-state index contributed by atoms with van der Waals surface area (Å²) in [6.07, 6.45) is 0.118. The number of morpholine rings is 1. The molecule has 7 heteroatoms. The molecule has 0 amide bonds. The highest BCUT2D eigenvalue weighted by Crippen LogP contribution is 2.12. The summed E-state index contributed by atoms with van der Waals surface area (Å²) < 4.78 is 5.58. The van der Waals surface area contributed by atoms with Gasteiger partial charge in [0.25, 0.3) is 0 Å². The van der Waals surface area contributed by atoms with Gasteiger partial charge in [0.15, 0.2) is 5.82 Å². The van der Waals surface area contributed by atoms with Crippen molar-refractivity contribution in [3.8, 4) is 0 Å². The normalized spacial score (nSPS) is 27.2. The van der Waals surface area contributed by atoms with Crippen molar-refractivity contribution in [1.82, 2.24) is 25.1 Å². The van der Waals surface area contributed by atoms with Crippen LogP contribution in [0.4, 0.5) is 0 Å². The Balaban J connectivity index is 1.96. The molecule has 1 aromatic rings. The summed E-state index contributed by atoms with van der Waals surface area (Å²) in [7, 11) is 1.77. The molecule has 7 nitrogen and oxygen atoms in total. The van der Waals surface area contributed by atoms with E-state index in [1.165, 1.54) is 4.80 Å². The summed E-state index contributed by atoms with van der Waals surface area (Å²) in [5, 5.41) is 12.0. The molecule has 0 aliphatic carbocycles. The van der Waals surface area contributed by atoms with Crippen molar-refractivity contribution in [3.05, 3.63) is 5.82 Å². The number of hydrogen-bond donors (Lipinski definition) is 1. The van der Waals surface area contributed by atoms with E-state index in [9.17, 15) is 0 Å². The first-order valence-corrected chi connectivity index (χ1v) is 5.47. The number of ether oxygens (including phenoxy) is 1. The minimum absolute atomic E-state index is 0.118. The predicted molar refractivity (Wildman–Crippen MR) is 57.5 cm³/mol. The summed E-state index contributed by atoms with van der Waals surface area (Å²) in [5.41, 5.74) is 5.61. The van der Waals surface area contributed by atoms with E-state index >= 15 is 0 Å². The van der Waals surface area contributed by atoms with E-state index in [0.717, 1.165) is 12.4 Å². The van der Waals surface area contributed by atoms with Crippen molar-refractivity contribution < 1.29 is 4.74 Å². The van der Waals surface area contributed by atoms with E-state index < -0.39 is 0 Å². The van der Waals surface area contributed by atoms with Crippen molar-refractivity contribution in [2.75, 3.05) is 19.7 Å². The average molecular weight is 226 g/mol. The van der Waals surface area contributed by atoms with Crippen LogP contribution < -0.4 is 5.73 Å². The third kappa shape index (κ3) is 2.55. The molecule has 0 aromatic carbocycles. The highest BCUT2D eigenvalue weighted by atomic mass is 16.5. The minimum Gasteiger partial charge on any atom is -0.374 e. The molecule has 1 aliphatic heterocycles. The fourth-order valence-corrected chi connectivity index (χ4v) is 1.81. The largest absolute Gasteiger partial charge is 0.374 e. The Morgan fingerprint density at radius 1 is 1.56 bits per heavy atom. The lowest BCUT2D eigenvalue weighted by Crippen LogP contribution is -2.50. The second-order valence-corrected chi connectivity index (χ2v) is 4.16. The summed E-state index contributed by atoms with van der Waals surface area (Å²) in [6.45, 7) is 4.92. The molecule has 1 aliphatic rings. The van der Waals surface area contributed by atoms with Gasteiger partial charge in [-0.15, -0.1) is 10.2 Å². The first kappa shape index (κ1) is 11.4. The SMILES string of the molecule is CC1COC(CN)CN1Cc1nnn(C)n1. The fourth-order valence-electron chi connectivity index (χ4n) is 1.81. The van der Waals surface area contributed by atoms with Gasteiger partial charge in [-0.3, -0.25) is 4.90 Å². The lowest BCUT2D eigenvalue weighted by atomic mass is 10.2. The van der Waals surface area contributed by atoms with Gasteiger partial charge in [-0.25, -0.2) is 0 Å². The minimum atomic E-state index is 0.118. The molecular weight excluding hydrogens is 208 g/mol. The number of rotatable bonds is 3. The van der Waals surface area contributed by atoms with E-state index in [4.69, 9.17) is 10.5 Å². The summed E-state index contributed by atoms with van der Waals surface area (Å²) in [4.78, 5) is 3.75. The average Bonchev–Trinajstić information content (AvgIpc) is 2.67. The van der Waals surface area contributed by atoms with Crippen molar-refractivity contribution in [2.24, 2.45) is 12.8 Å². The molecule has 16 heavy (non-hydrogen) atoms. The zero-order valence-corrected chi connectivity index (χ0v) is 9.70. The van der Waals surface area contributed by atoms with Gasteiger partial charge in [-0.1, -0.05) is 0 Å². The maximum atomic E-state index is 5.61. The molecule has 90 valence electrons. The van der Waals surface area contributed by atoms with E-state index in [1.807, 2.05) is 0 Å². The van der Waals surface area contributed by atoms with Crippen LogP contribution in [-0.4, -0.2) is 56.9 Å². The molecule has 0 spiro atoms. The Hall–Kier alpha value is -1.05. The second kappa shape index (κ2) is 4.86. The van der Waals surface area contributed by atoms with Crippen LogP contribution in [0.15, 0.2) is 0 Å². The van der Waals surface area contributed by atoms with Crippen molar-refractivity contribution in [3.63, 3.8) is 0 Å². The Bertz CT molecular complexity index is 340. The van der Waals surface area contributed by atoms with Crippen LogP contribution in [-0.2, 0) is 18.3 Å². The number of aryl methyl sites for hydroxylation is 1. The molecule has 1 fully saturated rings. The van der Waals surface area contributed by atoms with Gasteiger partial charge in [0.1, 0.15) is 0 Å². The Morgan fingerprint density at radius 2 is 2.38 bits per heavy atom. The molecule has 2 N–H and O–H groups in total. The monoisotopic (exact) mass is 226 g/mol. The molecule has 0 radical (unpaired) electrons. The third-order valence-electron chi connectivity index (χ3n) is 2.79. The molecule has 0 saturated carbocycles. The van der Waals surface area contributed by atoms with Crippen molar-refractivity contribution in [1.29, 1.82) is 0 Å². The van der Waals surface area contributed by atoms with Crippen LogP contribution in [0, 0.1) is 0 Å². The first-order valence-electron chi connectivity index (χ1n) is 5.47. The van der Waals surface area contributed by atoms with Crippen LogP contribution in [0.25, 0.3) is 0 Å². The number of nitrogens with two attached hydrogens (primary N) is 1.